The fraction of sp³-hybridized carbons (Fsp3) is 0.111. The van der Waals surface area contributed by atoms with Gasteiger partial charge in [-0.15, -0.1) is 0 Å². The Morgan fingerprint density at radius 2 is 1.07 bits per heavy atom. The second kappa shape index (κ2) is 12.1. The summed E-state index contributed by atoms with van der Waals surface area (Å²) in [6, 6.07) is 13.7. The first-order chi connectivity index (χ1) is 22.3. The minimum absolute atomic E-state index is 0.220. The largest absolute Gasteiger partial charge is 0.394 e. The van der Waals surface area contributed by atoms with E-state index in [0.29, 0.717) is 10.8 Å². The van der Waals surface area contributed by atoms with Crippen molar-refractivity contribution in [3.63, 3.8) is 0 Å². The Balaban J connectivity index is 1.31. The average Bonchev–Trinajstić information content (AvgIpc) is 3.07. The van der Waals surface area contributed by atoms with Gasteiger partial charge in [0, 0.05) is 48.3 Å². The van der Waals surface area contributed by atoms with Gasteiger partial charge in [-0.1, -0.05) is 16.8 Å². The van der Waals surface area contributed by atoms with E-state index in [2.05, 4.69) is 10.7 Å². The molecule has 2 aliphatic rings. The first-order valence-corrected chi connectivity index (χ1v) is 14.7. The van der Waals surface area contributed by atoms with E-state index in [4.69, 9.17) is 0 Å². The number of hydrogen-bond acceptors (Lipinski definition) is 6. The molecule has 2 aromatic carbocycles. The molecule has 0 radical (unpaired) electrons. The molecule has 4 amide bonds. The van der Waals surface area contributed by atoms with E-state index in [-0.39, 0.29) is 22.3 Å². The lowest BCUT2D eigenvalue weighted by Gasteiger charge is -2.29. The number of benzene rings is 2. The number of amides is 4. The predicted molar refractivity (Wildman–Crippen MR) is 173 cm³/mol. The van der Waals surface area contributed by atoms with Gasteiger partial charge in [0.2, 0.25) is 12.4 Å². The van der Waals surface area contributed by atoms with Crippen LogP contribution in [0.25, 0.3) is 21.9 Å². The Hall–Kier alpha value is -6.16. The molecule has 0 aliphatic carbocycles. The van der Waals surface area contributed by atoms with Gasteiger partial charge in [0.15, 0.2) is 12.4 Å². The van der Waals surface area contributed by atoms with Gasteiger partial charge in [-0.25, -0.2) is 4.57 Å². The number of allylic oxidation sites excluding steroid dienone is 6. The summed E-state index contributed by atoms with van der Waals surface area (Å²) in [6.45, 7) is 3.83. The third-order valence-corrected chi connectivity index (χ3v) is 8.08. The summed E-state index contributed by atoms with van der Waals surface area (Å²) in [6.07, 6.45) is 18.1. The summed E-state index contributed by atoms with van der Waals surface area (Å²) in [5, 5.41) is 5.56. The van der Waals surface area contributed by atoms with Crippen molar-refractivity contribution in [1.29, 1.82) is 0 Å². The number of aromatic nitrogens is 2. The maximum Gasteiger partial charge on any atom is 0.318 e. The number of aryl methyl sites for hydroxylation is 1. The summed E-state index contributed by atoms with van der Waals surface area (Å²) in [5.41, 5.74) is 7.47. The lowest BCUT2D eigenvalue weighted by molar-refractivity contribution is -0.672. The molecule has 0 unspecified atom stereocenters. The Bertz CT molecular complexity index is 1990. The molecule has 10 nitrogen and oxygen atoms in total. The van der Waals surface area contributed by atoms with Crippen LogP contribution < -0.4 is 25.0 Å². The molecular weight excluding hydrogens is 580 g/mol. The molecule has 2 aliphatic heterocycles. The Morgan fingerprint density at radius 3 is 1.52 bits per heavy atom. The normalized spacial score (nSPS) is 15.1. The molecule has 10 heteroatoms. The van der Waals surface area contributed by atoms with E-state index < -0.39 is 23.6 Å². The van der Waals surface area contributed by atoms with Crippen LogP contribution in [0.1, 0.15) is 66.4 Å². The maximum atomic E-state index is 13.8. The van der Waals surface area contributed by atoms with Crippen LogP contribution in [0.5, 0.6) is 0 Å². The second-order valence-electron chi connectivity index (χ2n) is 10.7. The minimum atomic E-state index is -0.584. The van der Waals surface area contributed by atoms with Gasteiger partial charge >= 0.3 is 11.8 Å². The van der Waals surface area contributed by atoms with E-state index in [1.54, 1.807) is 18.5 Å². The first kappa shape index (κ1) is 29.9. The topological polar surface area (TPSA) is 107 Å². The van der Waals surface area contributed by atoms with E-state index in [9.17, 15) is 19.2 Å². The minimum Gasteiger partial charge on any atom is -0.394 e. The van der Waals surface area contributed by atoms with Crippen LogP contribution in [0.3, 0.4) is 0 Å². The SMILES string of the molecule is C/C=C(\C=C/NN1C(=O)c2ccc3c4c(ccc(c24)C1=O)C(=O)N([n+]1ccc(C(/C=C\NC)=C/C)cc1)C3=O)c1cc[n+](C)cc1. The monoisotopic (exact) mass is 612 g/mol. The molecular formula is C36H32N6O4+2. The van der Waals surface area contributed by atoms with Crippen LogP contribution in [0, 0.1) is 0 Å². The van der Waals surface area contributed by atoms with E-state index >= 15 is 0 Å². The van der Waals surface area contributed by atoms with Crippen LogP contribution in [0.4, 0.5) is 0 Å². The van der Waals surface area contributed by atoms with Crippen molar-refractivity contribution < 1.29 is 28.4 Å². The zero-order chi connectivity index (χ0) is 32.5. The Morgan fingerprint density at radius 1 is 0.630 bits per heavy atom. The van der Waals surface area contributed by atoms with Gasteiger partial charge < -0.3 is 5.32 Å². The van der Waals surface area contributed by atoms with Crippen molar-refractivity contribution in [3.05, 3.63) is 143 Å². The number of carbonyl (C=O) groups is 4. The molecule has 228 valence electrons. The van der Waals surface area contributed by atoms with Crippen molar-refractivity contribution in [3.8, 4) is 0 Å². The Labute approximate surface area is 265 Å². The van der Waals surface area contributed by atoms with Crippen molar-refractivity contribution >= 4 is 45.5 Å². The number of rotatable bonds is 8. The van der Waals surface area contributed by atoms with Crippen LogP contribution in [-0.2, 0) is 7.05 Å². The standard InChI is InChI=1S/C36H32N6O4/c1-5-23(11-17-37-3)26-15-21-40(22-16-26)42-35(45)29-9-7-27-31-28(8-10-30(32(29)31)36(42)46)34(44)41(33(27)43)38-18-12-24(6-2)25-13-19-39(4)20-14-25/h5-22,37-38H,1-4H3/q+2/b17-11-,18-12-,23-5+,24-6+. The van der Waals surface area contributed by atoms with Crippen molar-refractivity contribution in [2.45, 2.75) is 13.8 Å². The lowest BCUT2D eigenvalue weighted by Crippen LogP contribution is -2.64. The van der Waals surface area contributed by atoms with Crippen LogP contribution in [-0.4, -0.2) is 35.7 Å². The van der Waals surface area contributed by atoms with Gasteiger partial charge in [0.25, 0.3) is 11.8 Å². The smallest absolute Gasteiger partial charge is 0.318 e. The van der Waals surface area contributed by atoms with Gasteiger partial charge in [0.1, 0.15) is 7.05 Å². The van der Waals surface area contributed by atoms with E-state index in [1.807, 2.05) is 93.6 Å². The fourth-order valence-electron chi connectivity index (χ4n) is 5.72. The van der Waals surface area contributed by atoms with Gasteiger partial charge in [-0.05, 0) is 83.7 Å². The summed E-state index contributed by atoms with van der Waals surface area (Å²) >= 11 is 0. The number of carbonyl (C=O) groups excluding carboxylic acids is 4. The lowest BCUT2D eigenvalue weighted by atomic mass is 9.86. The number of nitrogens with one attached hydrogen (secondary N) is 2. The molecule has 0 atom stereocenters. The number of nitrogens with zero attached hydrogens (tertiary/aromatic N) is 4. The van der Waals surface area contributed by atoms with Crippen LogP contribution in [0.2, 0.25) is 0 Å². The summed E-state index contributed by atoms with van der Waals surface area (Å²) in [5.74, 6) is -2.29. The molecule has 0 fully saturated rings. The maximum absolute atomic E-state index is 13.8. The average molecular weight is 613 g/mol. The van der Waals surface area contributed by atoms with Crippen LogP contribution >= 0.6 is 0 Å². The highest BCUT2D eigenvalue weighted by Gasteiger charge is 2.43. The highest BCUT2D eigenvalue weighted by molar-refractivity contribution is 6.36. The summed E-state index contributed by atoms with van der Waals surface area (Å²) < 4.78 is 3.37. The molecule has 0 saturated carbocycles. The van der Waals surface area contributed by atoms with E-state index in [1.165, 1.54) is 35.1 Å². The zero-order valence-electron chi connectivity index (χ0n) is 25.8. The second-order valence-corrected chi connectivity index (χ2v) is 10.7. The van der Waals surface area contributed by atoms with Gasteiger partial charge in [0.05, 0.1) is 22.3 Å². The van der Waals surface area contributed by atoms with Crippen molar-refractivity contribution in [2.75, 3.05) is 12.1 Å². The third-order valence-electron chi connectivity index (χ3n) is 8.08. The first-order valence-electron chi connectivity index (χ1n) is 14.7. The summed E-state index contributed by atoms with van der Waals surface area (Å²) in [7, 11) is 3.75. The molecule has 0 saturated heterocycles. The highest BCUT2D eigenvalue weighted by atomic mass is 16.2. The number of hydrazine groups is 1. The van der Waals surface area contributed by atoms with Crippen molar-refractivity contribution in [2.24, 2.45) is 7.05 Å². The molecule has 2 aromatic heterocycles. The molecule has 46 heavy (non-hydrogen) atoms. The zero-order valence-corrected chi connectivity index (χ0v) is 25.8. The van der Waals surface area contributed by atoms with Crippen molar-refractivity contribution in [1.82, 2.24) is 15.8 Å². The molecule has 4 heterocycles. The number of pyridine rings is 2. The Kier molecular flexibility index (Phi) is 7.85. The summed E-state index contributed by atoms with van der Waals surface area (Å²) in [4.78, 5) is 54.8. The number of imide groups is 2. The third kappa shape index (κ3) is 4.95. The molecule has 4 aromatic rings. The molecule has 6 rings (SSSR count). The highest BCUT2D eigenvalue weighted by Crippen LogP contribution is 2.36. The van der Waals surface area contributed by atoms with Gasteiger partial charge in [-0.2, -0.15) is 5.01 Å². The molecule has 0 spiro atoms. The number of hydrogen-bond donors (Lipinski definition) is 2. The molecule has 0 bridgehead atoms. The van der Waals surface area contributed by atoms with Gasteiger partial charge in [-0.3, -0.25) is 24.6 Å². The quantitative estimate of drug-likeness (QED) is 0.179. The predicted octanol–water partition coefficient (Wildman–Crippen LogP) is 3.74. The van der Waals surface area contributed by atoms with E-state index in [0.717, 1.165) is 32.3 Å². The molecule has 2 N–H and O–H groups in total. The van der Waals surface area contributed by atoms with Crippen LogP contribution in [0.15, 0.2) is 110 Å². The fourth-order valence-corrected chi connectivity index (χ4v) is 5.72.